The number of carbonyl (C=O) groups excluding carboxylic acids is 1. The average Bonchev–Trinajstić information content (AvgIpc) is 2.75. The molecule has 0 saturated carbocycles. The zero-order valence-electron chi connectivity index (χ0n) is 17.1. The Bertz CT molecular complexity index is 881. The maximum absolute atomic E-state index is 12.9. The lowest BCUT2D eigenvalue weighted by atomic mass is 9.90. The number of ether oxygens (including phenoxy) is 4. The molecule has 0 bridgehead atoms. The Morgan fingerprint density at radius 2 is 1.97 bits per heavy atom. The predicted octanol–water partition coefficient (Wildman–Crippen LogP) is 3.82. The van der Waals surface area contributed by atoms with Crippen molar-refractivity contribution in [2.75, 3.05) is 38.9 Å². The van der Waals surface area contributed by atoms with Gasteiger partial charge in [-0.2, -0.15) is 13.2 Å². The largest absolute Gasteiger partial charge is 0.475 e. The maximum Gasteiger partial charge on any atom is 0.416 e. The van der Waals surface area contributed by atoms with Gasteiger partial charge in [-0.3, -0.25) is 4.79 Å². The second-order valence-corrected chi connectivity index (χ2v) is 7.32. The summed E-state index contributed by atoms with van der Waals surface area (Å²) in [6.45, 7) is 2.39. The van der Waals surface area contributed by atoms with E-state index in [4.69, 9.17) is 18.9 Å². The molecule has 1 amide bonds. The molecule has 1 aliphatic rings. The summed E-state index contributed by atoms with van der Waals surface area (Å²) in [5, 5.41) is 2.74. The number of benzene rings is 1. The summed E-state index contributed by atoms with van der Waals surface area (Å²) in [6, 6.07) is 8.00. The first kappa shape index (κ1) is 23.0. The van der Waals surface area contributed by atoms with Gasteiger partial charge in [-0.1, -0.05) is 12.1 Å². The van der Waals surface area contributed by atoms with Gasteiger partial charge in [-0.05, 0) is 25.1 Å². The molecule has 31 heavy (non-hydrogen) atoms. The number of nitrogens with one attached hydrogen (secondary N) is 1. The van der Waals surface area contributed by atoms with Gasteiger partial charge in [0.2, 0.25) is 11.8 Å². The molecule has 2 heterocycles. The lowest BCUT2D eigenvalue weighted by Crippen LogP contribution is -2.45. The molecule has 0 radical (unpaired) electrons. The molecule has 168 valence electrons. The van der Waals surface area contributed by atoms with Gasteiger partial charge in [-0.25, -0.2) is 4.98 Å². The van der Waals surface area contributed by atoms with Crippen LogP contribution in [0.15, 0.2) is 42.6 Å². The Balaban J connectivity index is 1.57. The van der Waals surface area contributed by atoms with Crippen molar-refractivity contribution in [2.24, 2.45) is 5.41 Å². The molecule has 1 N–H and O–H groups in total. The molecule has 0 spiro atoms. The quantitative estimate of drug-likeness (QED) is 0.660. The molecule has 0 unspecified atom stereocenters. The number of anilines is 1. The van der Waals surface area contributed by atoms with E-state index in [0.29, 0.717) is 24.8 Å². The van der Waals surface area contributed by atoms with Crippen LogP contribution < -0.4 is 10.1 Å². The number of rotatable bonds is 7. The Hall–Kier alpha value is -2.69. The molecular weight excluding hydrogens is 417 g/mol. The van der Waals surface area contributed by atoms with Crippen LogP contribution in [0.2, 0.25) is 0 Å². The number of hydrogen-bond acceptors (Lipinski definition) is 6. The van der Waals surface area contributed by atoms with Crippen molar-refractivity contribution < 1.29 is 36.9 Å². The molecule has 2 aromatic rings. The number of aromatic nitrogens is 1. The van der Waals surface area contributed by atoms with Gasteiger partial charge < -0.3 is 24.3 Å². The van der Waals surface area contributed by atoms with Crippen molar-refractivity contribution in [1.82, 2.24) is 4.98 Å². The topological polar surface area (TPSA) is 78.9 Å². The minimum Gasteiger partial charge on any atom is -0.475 e. The Morgan fingerprint density at radius 1 is 1.23 bits per heavy atom. The second kappa shape index (κ2) is 9.63. The molecular formula is C21H23F3N2O5. The van der Waals surface area contributed by atoms with E-state index in [0.717, 1.165) is 12.1 Å². The lowest BCUT2D eigenvalue weighted by molar-refractivity contribution is -0.226. The van der Waals surface area contributed by atoms with Crippen LogP contribution in [0, 0.1) is 5.41 Å². The number of amides is 1. The smallest absolute Gasteiger partial charge is 0.416 e. The lowest BCUT2D eigenvalue weighted by Gasteiger charge is -2.36. The molecule has 7 nitrogen and oxygen atoms in total. The van der Waals surface area contributed by atoms with Gasteiger partial charge in [0, 0.05) is 18.7 Å². The predicted molar refractivity (Wildman–Crippen MR) is 104 cm³/mol. The van der Waals surface area contributed by atoms with E-state index in [9.17, 15) is 18.0 Å². The van der Waals surface area contributed by atoms with Gasteiger partial charge in [0.15, 0.2) is 6.29 Å². The monoisotopic (exact) mass is 440 g/mol. The standard InChI is InChI=1S/C21H23F3N2O5/c1-20(19(27)26-16-6-7-17(25-11-16)29-9-8-28-2)12-30-18(31-13-20)14-4-3-5-15(10-14)21(22,23)24/h3-7,10-11,18H,8-9,12-13H2,1-2H3,(H,26,27). The number of methoxy groups -OCH3 is 1. The van der Waals surface area contributed by atoms with Crippen molar-refractivity contribution >= 4 is 11.6 Å². The van der Waals surface area contributed by atoms with Crippen molar-refractivity contribution in [1.29, 1.82) is 0 Å². The highest BCUT2D eigenvalue weighted by Crippen LogP contribution is 2.35. The number of nitrogens with zero attached hydrogens (tertiary/aromatic N) is 1. The summed E-state index contributed by atoms with van der Waals surface area (Å²) in [6.07, 6.45) is -3.98. The third kappa shape index (κ3) is 5.93. The second-order valence-electron chi connectivity index (χ2n) is 7.32. The summed E-state index contributed by atoms with van der Waals surface area (Å²) in [5.74, 6) is 0.0411. The maximum atomic E-state index is 12.9. The van der Waals surface area contributed by atoms with Gasteiger partial charge in [0.1, 0.15) is 6.61 Å². The molecule has 1 fully saturated rings. The van der Waals surface area contributed by atoms with Crippen molar-refractivity contribution in [3.8, 4) is 5.88 Å². The normalized spacial score (nSPS) is 21.5. The zero-order chi connectivity index (χ0) is 22.5. The average molecular weight is 440 g/mol. The van der Waals surface area contributed by atoms with Crippen LogP contribution in [-0.4, -0.2) is 44.4 Å². The Labute approximate surface area is 177 Å². The van der Waals surface area contributed by atoms with Gasteiger partial charge in [0.05, 0.1) is 42.7 Å². The van der Waals surface area contributed by atoms with E-state index in [2.05, 4.69) is 10.3 Å². The summed E-state index contributed by atoms with van der Waals surface area (Å²) in [5.41, 5.74) is -1.10. The molecule has 10 heteroatoms. The fraction of sp³-hybridized carbons (Fsp3) is 0.429. The molecule has 1 saturated heterocycles. The molecule has 0 atom stereocenters. The van der Waals surface area contributed by atoms with Crippen molar-refractivity contribution in [2.45, 2.75) is 19.4 Å². The van der Waals surface area contributed by atoms with Crippen molar-refractivity contribution in [3.05, 3.63) is 53.7 Å². The van der Waals surface area contributed by atoms with Crippen LogP contribution in [0.1, 0.15) is 24.3 Å². The number of halogens is 3. The minimum atomic E-state index is -4.46. The van der Waals surface area contributed by atoms with Gasteiger partial charge >= 0.3 is 6.18 Å². The first-order valence-electron chi connectivity index (χ1n) is 9.51. The van der Waals surface area contributed by atoms with Crippen LogP contribution >= 0.6 is 0 Å². The van der Waals surface area contributed by atoms with Gasteiger partial charge in [0.25, 0.3) is 0 Å². The Morgan fingerprint density at radius 3 is 2.58 bits per heavy atom. The molecule has 1 aliphatic heterocycles. The zero-order valence-corrected chi connectivity index (χ0v) is 17.1. The van der Waals surface area contributed by atoms with Crippen LogP contribution in [0.5, 0.6) is 5.88 Å². The van der Waals surface area contributed by atoms with E-state index in [-0.39, 0.29) is 24.7 Å². The molecule has 0 aliphatic carbocycles. The third-order valence-electron chi connectivity index (χ3n) is 4.67. The molecule has 1 aromatic heterocycles. The number of carbonyl (C=O) groups is 1. The number of alkyl halides is 3. The van der Waals surface area contributed by atoms with Crippen LogP contribution in [0.4, 0.5) is 18.9 Å². The van der Waals surface area contributed by atoms with E-state index in [1.807, 2.05) is 0 Å². The fourth-order valence-electron chi connectivity index (χ4n) is 2.85. The fourth-order valence-corrected chi connectivity index (χ4v) is 2.85. The van der Waals surface area contributed by atoms with Crippen LogP contribution in [0.3, 0.4) is 0 Å². The highest BCUT2D eigenvalue weighted by atomic mass is 19.4. The first-order valence-corrected chi connectivity index (χ1v) is 9.51. The molecule has 3 rings (SSSR count). The van der Waals surface area contributed by atoms with Gasteiger partial charge in [-0.15, -0.1) is 0 Å². The summed E-state index contributed by atoms with van der Waals surface area (Å²) in [7, 11) is 1.57. The minimum absolute atomic E-state index is 0.0224. The summed E-state index contributed by atoms with van der Waals surface area (Å²) in [4.78, 5) is 16.8. The highest BCUT2D eigenvalue weighted by molar-refractivity contribution is 5.95. The summed E-state index contributed by atoms with van der Waals surface area (Å²) < 4.78 is 60.2. The third-order valence-corrected chi connectivity index (χ3v) is 4.67. The SMILES string of the molecule is COCCOc1ccc(NC(=O)C2(C)COC(c3cccc(C(F)(F)F)c3)OC2)cn1. The van der Waals surface area contributed by atoms with E-state index in [1.165, 1.54) is 18.3 Å². The summed E-state index contributed by atoms with van der Waals surface area (Å²) >= 11 is 0. The van der Waals surface area contributed by atoms with E-state index in [1.54, 1.807) is 26.2 Å². The van der Waals surface area contributed by atoms with Crippen molar-refractivity contribution in [3.63, 3.8) is 0 Å². The van der Waals surface area contributed by atoms with Crippen LogP contribution in [-0.2, 0) is 25.2 Å². The first-order chi connectivity index (χ1) is 14.7. The van der Waals surface area contributed by atoms with E-state index < -0.39 is 23.4 Å². The van der Waals surface area contributed by atoms with E-state index >= 15 is 0 Å². The number of hydrogen-bond donors (Lipinski definition) is 1. The Kier molecular flexibility index (Phi) is 7.14. The van der Waals surface area contributed by atoms with Crippen LogP contribution in [0.25, 0.3) is 0 Å². The highest BCUT2D eigenvalue weighted by Gasteiger charge is 2.40. The number of pyridine rings is 1. The molecule has 1 aromatic carbocycles.